The van der Waals surface area contributed by atoms with Crippen LogP contribution in [0.3, 0.4) is 0 Å². The van der Waals surface area contributed by atoms with Gasteiger partial charge in [-0.25, -0.2) is 28.3 Å². The first-order valence-electron chi connectivity index (χ1n) is 9.03. The zero-order valence-corrected chi connectivity index (χ0v) is 17.1. The minimum absolute atomic E-state index is 0.00214. The molecule has 0 atom stereocenters. The molecule has 0 saturated heterocycles. The van der Waals surface area contributed by atoms with Gasteiger partial charge in [0.15, 0.2) is 11.6 Å². The number of methoxy groups -OCH3 is 2. The molecule has 0 aliphatic heterocycles. The fourth-order valence-corrected chi connectivity index (χ4v) is 2.75. The Morgan fingerprint density at radius 3 is 1.91 bits per heavy atom. The van der Waals surface area contributed by atoms with E-state index in [1.165, 1.54) is 24.3 Å². The molecule has 0 unspecified atom stereocenters. The summed E-state index contributed by atoms with van der Waals surface area (Å²) in [6.45, 7) is 0. The molecule has 1 heterocycles. The standard InChI is InChI=1S/C20H15F2N5O6/c1-32-19(28)10-5-11(20(29)33-2)7-13(6-10)26-18-16(27(30)31)17(23-9-24-18)25-12-3-4-14(21)15(22)8-12/h3-9H,1-2H3,(H2,23,24,25,26). The number of hydrogen-bond donors (Lipinski definition) is 2. The normalized spacial score (nSPS) is 10.3. The summed E-state index contributed by atoms with van der Waals surface area (Å²) in [5.41, 5.74) is -0.606. The van der Waals surface area contributed by atoms with Gasteiger partial charge in [0.2, 0.25) is 11.6 Å². The molecule has 11 nitrogen and oxygen atoms in total. The van der Waals surface area contributed by atoms with E-state index < -0.39 is 34.2 Å². The van der Waals surface area contributed by atoms with E-state index in [2.05, 4.69) is 30.1 Å². The predicted molar refractivity (Wildman–Crippen MR) is 111 cm³/mol. The summed E-state index contributed by atoms with van der Waals surface area (Å²) >= 11 is 0. The Hall–Kier alpha value is -4.68. The lowest BCUT2D eigenvalue weighted by Gasteiger charge is -2.12. The molecule has 0 saturated carbocycles. The number of carbonyl (C=O) groups is 2. The molecular formula is C20H15F2N5O6. The largest absolute Gasteiger partial charge is 0.465 e. The van der Waals surface area contributed by atoms with Gasteiger partial charge in [0.1, 0.15) is 6.33 Å². The smallest absolute Gasteiger partial charge is 0.353 e. The fraction of sp³-hybridized carbons (Fsp3) is 0.100. The number of rotatable bonds is 7. The second-order valence-electron chi connectivity index (χ2n) is 6.34. The number of hydrogen-bond acceptors (Lipinski definition) is 10. The van der Waals surface area contributed by atoms with Crippen molar-refractivity contribution in [2.45, 2.75) is 0 Å². The van der Waals surface area contributed by atoms with Gasteiger partial charge in [-0.2, -0.15) is 0 Å². The highest BCUT2D eigenvalue weighted by atomic mass is 19.2. The molecule has 13 heteroatoms. The van der Waals surface area contributed by atoms with Crippen molar-refractivity contribution < 1.29 is 32.8 Å². The van der Waals surface area contributed by atoms with Crippen LogP contribution in [0.1, 0.15) is 20.7 Å². The van der Waals surface area contributed by atoms with E-state index in [4.69, 9.17) is 0 Å². The van der Waals surface area contributed by atoms with Crippen LogP contribution in [0.25, 0.3) is 0 Å². The van der Waals surface area contributed by atoms with E-state index in [-0.39, 0.29) is 34.1 Å². The van der Waals surface area contributed by atoms with Gasteiger partial charge < -0.3 is 20.1 Å². The molecule has 2 aromatic carbocycles. The molecule has 0 amide bonds. The summed E-state index contributed by atoms with van der Waals surface area (Å²) < 4.78 is 36.0. The zero-order valence-electron chi connectivity index (χ0n) is 17.1. The number of ether oxygens (including phenoxy) is 2. The number of nitro groups is 1. The summed E-state index contributed by atoms with van der Waals surface area (Å²) in [6.07, 6.45) is 0.989. The molecule has 3 aromatic rings. The van der Waals surface area contributed by atoms with Crippen LogP contribution >= 0.6 is 0 Å². The van der Waals surface area contributed by atoms with Gasteiger partial charge >= 0.3 is 17.6 Å². The number of carbonyl (C=O) groups excluding carboxylic acids is 2. The number of aromatic nitrogens is 2. The van der Waals surface area contributed by atoms with E-state index in [0.717, 1.165) is 32.7 Å². The van der Waals surface area contributed by atoms with Crippen LogP contribution in [0.4, 0.5) is 37.5 Å². The first-order valence-corrected chi connectivity index (χ1v) is 9.03. The molecule has 33 heavy (non-hydrogen) atoms. The molecule has 0 aliphatic carbocycles. The van der Waals surface area contributed by atoms with Crippen molar-refractivity contribution in [3.05, 3.63) is 75.6 Å². The molecule has 1 aromatic heterocycles. The summed E-state index contributed by atoms with van der Waals surface area (Å²) in [6, 6.07) is 6.61. The lowest BCUT2D eigenvalue weighted by Crippen LogP contribution is -2.09. The highest BCUT2D eigenvalue weighted by molar-refractivity contribution is 5.97. The topological polar surface area (TPSA) is 146 Å². The van der Waals surface area contributed by atoms with E-state index in [0.29, 0.717) is 0 Å². The van der Waals surface area contributed by atoms with Crippen molar-refractivity contribution in [3.63, 3.8) is 0 Å². The van der Waals surface area contributed by atoms with Gasteiger partial charge in [0, 0.05) is 17.4 Å². The van der Waals surface area contributed by atoms with Crippen molar-refractivity contribution in [1.29, 1.82) is 0 Å². The maximum atomic E-state index is 13.5. The number of nitrogens with zero attached hydrogens (tertiary/aromatic N) is 3. The maximum absolute atomic E-state index is 13.5. The van der Waals surface area contributed by atoms with Crippen LogP contribution in [0.5, 0.6) is 0 Å². The van der Waals surface area contributed by atoms with Crippen LogP contribution in [0, 0.1) is 21.7 Å². The summed E-state index contributed by atoms with van der Waals surface area (Å²) in [7, 11) is 2.29. The Labute approximate surface area is 184 Å². The molecule has 2 N–H and O–H groups in total. The summed E-state index contributed by atoms with van der Waals surface area (Å²) in [4.78, 5) is 42.5. The number of nitrogens with one attached hydrogen (secondary N) is 2. The molecular weight excluding hydrogens is 444 g/mol. The third-order valence-electron chi connectivity index (χ3n) is 4.23. The number of anilines is 4. The minimum Gasteiger partial charge on any atom is -0.465 e. The van der Waals surface area contributed by atoms with Crippen LogP contribution in [-0.4, -0.2) is 41.0 Å². The fourth-order valence-electron chi connectivity index (χ4n) is 2.75. The SMILES string of the molecule is COC(=O)c1cc(Nc2ncnc(Nc3ccc(F)c(F)c3)c2[N+](=O)[O-])cc(C(=O)OC)c1. The minimum atomic E-state index is -1.16. The quantitative estimate of drug-likeness (QED) is 0.304. The van der Waals surface area contributed by atoms with Gasteiger partial charge in [0.05, 0.1) is 30.3 Å². The number of benzene rings is 2. The van der Waals surface area contributed by atoms with Gasteiger partial charge in [0.25, 0.3) is 0 Å². The zero-order chi connectivity index (χ0) is 24.1. The van der Waals surface area contributed by atoms with Crippen molar-refractivity contribution in [3.8, 4) is 0 Å². The van der Waals surface area contributed by atoms with Crippen molar-refractivity contribution in [2.75, 3.05) is 24.9 Å². The van der Waals surface area contributed by atoms with Crippen molar-refractivity contribution in [2.24, 2.45) is 0 Å². The lowest BCUT2D eigenvalue weighted by atomic mass is 10.1. The van der Waals surface area contributed by atoms with E-state index in [1.807, 2.05) is 0 Å². The highest BCUT2D eigenvalue weighted by Crippen LogP contribution is 2.33. The summed E-state index contributed by atoms with van der Waals surface area (Å²) in [5, 5.41) is 16.9. The van der Waals surface area contributed by atoms with Crippen molar-refractivity contribution >= 4 is 40.6 Å². The second kappa shape index (κ2) is 9.64. The Kier molecular flexibility index (Phi) is 6.71. The Bertz CT molecular complexity index is 1220. The van der Waals surface area contributed by atoms with Crippen LogP contribution < -0.4 is 10.6 Å². The Morgan fingerprint density at radius 2 is 1.42 bits per heavy atom. The molecule has 0 fully saturated rings. The third-order valence-corrected chi connectivity index (χ3v) is 4.23. The first-order chi connectivity index (χ1) is 15.7. The number of halogens is 2. The molecule has 0 bridgehead atoms. The highest BCUT2D eigenvalue weighted by Gasteiger charge is 2.24. The third kappa shape index (κ3) is 5.15. The number of esters is 2. The predicted octanol–water partition coefficient (Wildman–Crippen LogP) is 3.72. The van der Waals surface area contributed by atoms with Gasteiger partial charge in [-0.15, -0.1) is 0 Å². The lowest BCUT2D eigenvalue weighted by molar-refractivity contribution is -0.383. The van der Waals surface area contributed by atoms with Gasteiger partial charge in [-0.3, -0.25) is 10.1 Å². The monoisotopic (exact) mass is 459 g/mol. The molecule has 170 valence electrons. The Balaban J connectivity index is 2.04. The van der Waals surface area contributed by atoms with Crippen molar-refractivity contribution in [1.82, 2.24) is 9.97 Å². The average molecular weight is 459 g/mol. The molecule has 0 aliphatic rings. The molecule has 3 rings (SSSR count). The van der Waals surface area contributed by atoms with Gasteiger partial charge in [-0.1, -0.05) is 0 Å². The second-order valence-corrected chi connectivity index (χ2v) is 6.34. The van der Waals surface area contributed by atoms with E-state index in [1.54, 1.807) is 0 Å². The van der Waals surface area contributed by atoms with E-state index >= 15 is 0 Å². The van der Waals surface area contributed by atoms with Crippen LogP contribution in [0.2, 0.25) is 0 Å². The average Bonchev–Trinajstić information content (AvgIpc) is 2.80. The summed E-state index contributed by atoms with van der Waals surface area (Å²) in [5.74, 6) is -4.40. The van der Waals surface area contributed by atoms with Gasteiger partial charge in [-0.05, 0) is 30.3 Å². The maximum Gasteiger partial charge on any atom is 0.353 e. The van der Waals surface area contributed by atoms with Crippen LogP contribution in [-0.2, 0) is 9.47 Å². The van der Waals surface area contributed by atoms with E-state index in [9.17, 15) is 28.5 Å². The molecule has 0 radical (unpaired) electrons. The van der Waals surface area contributed by atoms with Crippen LogP contribution in [0.15, 0.2) is 42.7 Å². The molecule has 0 spiro atoms. The first kappa shape index (κ1) is 23.0. The Morgan fingerprint density at radius 1 is 0.879 bits per heavy atom.